The molecule has 0 aliphatic carbocycles. The van der Waals surface area contributed by atoms with Crippen LogP contribution in [-0.2, 0) is 9.73 Å². The summed E-state index contributed by atoms with van der Waals surface area (Å²) >= 11 is 0. The molecule has 6 heteroatoms. The third-order valence-electron chi connectivity index (χ3n) is 4.70. The van der Waals surface area contributed by atoms with Crippen LogP contribution in [0.1, 0.15) is 31.1 Å². The van der Waals surface area contributed by atoms with Gasteiger partial charge >= 0.3 is 0 Å². The van der Waals surface area contributed by atoms with Crippen molar-refractivity contribution in [2.24, 2.45) is 4.36 Å². The van der Waals surface area contributed by atoms with Gasteiger partial charge in [0.15, 0.2) is 0 Å². The average Bonchev–Trinajstić information content (AvgIpc) is 2.54. The van der Waals surface area contributed by atoms with Crippen LogP contribution in [-0.4, -0.2) is 24.7 Å². The Morgan fingerprint density at radius 1 is 1.04 bits per heavy atom. The molecule has 26 heavy (non-hydrogen) atoms. The van der Waals surface area contributed by atoms with E-state index in [1.54, 1.807) is 42.5 Å². The second-order valence-corrected chi connectivity index (χ2v) is 14.9. The molecule has 2 rings (SSSR count). The number of rotatable bonds is 4. The highest BCUT2D eigenvalue weighted by molar-refractivity contribution is 7.93. The normalized spacial score (nSPS) is 14.4. The first kappa shape index (κ1) is 20.4. The Kier molecular flexibility index (Phi) is 5.78. The molecule has 4 nitrogen and oxygen atoms in total. The molecule has 0 spiro atoms. The highest BCUT2D eigenvalue weighted by atomic mass is 32.2. The molecule has 1 atom stereocenters. The second kappa shape index (κ2) is 7.37. The SMILES string of the molecule is CC(C)(C)[Si](C)(C)Oc1cccc(C(=O)N=S(C)(=O)c2ccccc2)c1. The molecule has 2 aromatic rings. The van der Waals surface area contributed by atoms with Crippen LogP contribution in [0.25, 0.3) is 0 Å². The summed E-state index contributed by atoms with van der Waals surface area (Å²) < 4.78 is 23.0. The fourth-order valence-electron chi connectivity index (χ4n) is 2.08. The largest absolute Gasteiger partial charge is 0.543 e. The lowest BCUT2D eigenvalue weighted by Crippen LogP contribution is -2.43. The van der Waals surface area contributed by atoms with Crippen molar-refractivity contribution in [3.8, 4) is 5.75 Å². The zero-order chi connectivity index (χ0) is 19.6. The number of hydrogen-bond donors (Lipinski definition) is 0. The monoisotopic (exact) mass is 389 g/mol. The summed E-state index contributed by atoms with van der Waals surface area (Å²) in [6.45, 7) is 10.8. The first-order valence-electron chi connectivity index (χ1n) is 8.53. The highest BCUT2D eigenvalue weighted by Gasteiger charge is 2.39. The third kappa shape index (κ3) is 4.83. The molecule has 1 unspecified atom stereocenters. The minimum atomic E-state index is -2.79. The van der Waals surface area contributed by atoms with E-state index in [2.05, 4.69) is 38.2 Å². The van der Waals surface area contributed by atoms with Crippen molar-refractivity contribution in [1.82, 2.24) is 0 Å². The van der Waals surface area contributed by atoms with Gasteiger partial charge in [-0.15, -0.1) is 0 Å². The van der Waals surface area contributed by atoms with Gasteiger partial charge in [0.05, 0.1) is 9.73 Å². The highest BCUT2D eigenvalue weighted by Crippen LogP contribution is 2.37. The Morgan fingerprint density at radius 3 is 2.23 bits per heavy atom. The minimum absolute atomic E-state index is 0.0580. The molecule has 0 N–H and O–H groups in total. The van der Waals surface area contributed by atoms with E-state index in [9.17, 15) is 9.00 Å². The number of nitrogens with zero attached hydrogens (tertiary/aromatic N) is 1. The number of amides is 1. The first-order valence-corrected chi connectivity index (χ1v) is 13.4. The van der Waals surface area contributed by atoms with E-state index in [1.807, 2.05) is 12.1 Å². The van der Waals surface area contributed by atoms with Crippen LogP contribution in [0.4, 0.5) is 0 Å². The van der Waals surface area contributed by atoms with Gasteiger partial charge < -0.3 is 4.43 Å². The Labute approximate surface area is 157 Å². The molecular weight excluding hydrogens is 362 g/mol. The molecule has 0 bridgehead atoms. The third-order valence-corrected chi connectivity index (χ3v) is 10.7. The molecule has 0 radical (unpaired) electrons. The summed E-state index contributed by atoms with van der Waals surface area (Å²) in [4.78, 5) is 13.1. The molecule has 0 aliphatic rings. The van der Waals surface area contributed by atoms with Crippen LogP contribution < -0.4 is 4.43 Å². The zero-order valence-electron chi connectivity index (χ0n) is 16.3. The standard InChI is InChI=1S/C20H27NO3SSi/c1-20(2,3)26(5,6)24-17-12-10-11-16(15-17)19(22)21-25(4,23)18-13-8-7-9-14-18/h7-15H,1-6H3. The summed E-state index contributed by atoms with van der Waals surface area (Å²) in [7, 11) is -4.79. The van der Waals surface area contributed by atoms with Gasteiger partial charge in [0.2, 0.25) is 8.32 Å². The molecule has 0 fully saturated rings. The lowest BCUT2D eigenvalue weighted by Gasteiger charge is -2.36. The van der Waals surface area contributed by atoms with Gasteiger partial charge in [-0.25, -0.2) is 4.21 Å². The molecule has 0 saturated carbocycles. The maximum absolute atomic E-state index is 12.8. The van der Waals surface area contributed by atoms with Crippen LogP contribution in [0.3, 0.4) is 0 Å². The molecule has 140 valence electrons. The van der Waals surface area contributed by atoms with Crippen molar-refractivity contribution in [3.05, 3.63) is 60.2 Å². The maximum atomic E-state index is 12.8. The van der Waals surface area contributed by atoms with E-state index in [0.717, 1.165) is 0 Å². The maximum Gasteiger partial charge on any atom is 0.285 e. The Hall–Kier alpha value is -1.92. The minimum Gasteiger partial charge on any atom is -0.543 e. The summed E-state index contributed by atoms with van der Waals surface area (Å²) in [6, 6.07) is 15.8. The van der Waals surface area contributed by atoms with Crippen LogP contribution in [0.2, 0.25) is 18.1 Å². The predicted molar refractivity (Wildman–Crippen MR) is 110 cm³/mol. The fraction of sp³-hybridized carbons (Fsp3) is 0.350. The second-order valence-electron chi connectivity index (χ2n) is 7.90. The Balaban J connectivity index is 2.32. The predicted octanol–water partition coefficient (Wildman–Crippen LogP) is 5.37. The zero-order valence-corrected chi connectivity index (χ0v) is 18.1. The fourth-order valence-corrected chi connectivity index (χ4v) is 4.29. The van der Waals surface area contributed by atoms with E-state index in [1.165, 1.54) is 6.26 Å². The lowest BCUT2D eigenvalue weighted by atomic mass is 10.2. The molecule has 1 amide bonds. The average molecular weight is 390 g/mol. The molecule has 0 heterocycles. The summed E-state index contributed by atoms with van der Waals surface area (Å²) in [5.41, 5.74) is 0.381. The van der Waals surface area contributed by atoms with Crippen molar-refractivity contribution in [3.63, 3.8) is 0 Å². The van der Waals surface area contributed by atoms with E-state index in [-0.39, 0.29) is 5.04 Å². The van der Waals surface area contributed by atoms with Gasteiger partial charge in [-0.05, 0) is 48.5 Å². The van der Waals surface area contributed by atoms with E-state index < -0.39 is 24.0 Å². The number of hydrogen-bond acceptors (Lipinski definition) is 3. The Morgan fingerprint density at radius 2 is 1.65 bits per heavy atom. The summed E-state index contributed by atoms with van der Waals surface area (Å²) in [6.07, 6.45) is 1.48. The quantitative estimate of drug-likeness (QED) is 0.661. The van der Waals surface area contributed by atoms with Crippen LogP contribution in [0.15, 0.2) is 63.9 Å². The van der Waals surface area contributed by atoms with Crippen LogP contribution in [0.5, 0.6) is 5.75 Å². The van der Waals surface area contributed by atoms with E-state index in [0.29, 0.717) is 16.2 Å². The topological polar surface area (TPSA) is 55.7 Å². The van der Waals surface area contributed by atoms with Gasteiger partial charge in [-0.2, -0.15) is 4.36 Å². The number of carbonyl (C=O) groups excluding carboxylic acids is 1. The first-order chi connectivity index (χ1) is 11.9. The smallest absolute Gasteiger partial charge is 0.285 e. The molecule has 2 aromatic carbocycles. The van der Waals surface area contributed by atoms with Crippen molar-refractivity contribution in [1.29, 1.82) is 0 Å². The van der Waals surface area contributed by atoms with Crippen molar-refractivity contribution < 1.29 is 13.4 Å². The van der Waals surface area contributed by atoms with Gasteiger partial charge in [0.25, 0.3) is 5.91 Å². The van der Waals surface area contributed by atoms with Crippen LogP contribution in [0, 0.1) is 0 Å². The van der Waals surface area contributed by atoms with Gasteiger partial charge in [0.1, 0.15) is 5.75 Å². The Bertz CT molecular complexity index is 908. The summed E-state index contributed by atoms with van der Waals surface area (Å²) in [5.74, 6) is 0.155. The lowest BCUT2D eigenvalue weighted by molar-refractivity contribution is 0.100. The van der Waals surface area contributed by atoms with Gasteiger partial charge in [0, 0.05) is 16.7 Å². The number of benzene rings is 2. The molecule has 0 aliphatic heterocycles. The van der Waals surface area contributed by atoms with Gasteiger partial charge in [-0.1, -0.05) is 45.0 Å². The number of carbonyl (C=O) groups is 1. The van der Waals surface area contributed by atoms with Crippen molar-refractivity contribution in [2.75, 3.05) is 6.26 Å². The van der Waals surface area contributed by atoms with E-state index in [4.69, 9.17) is 4.43 Å². The van der Waals surface area contributed by atoms with Crippen molar-refractivity contribution in [2.45, 2.75) is 43.8 Å². The van der Waals surface area contributed by atoms with E-state index >= 15 is 0 Å². The molecular formula is C20H27NO3SSi. The van der Waals surface area contributed by atoms with Crippen molar-refractivity contribution >= 4 is 24.0 Å². The molecule has 0 saturated heterocycles. The van der Waals surface area contributed by atoms with Gasteiger partial charge in [-0.3, -0.25) is 4.79 Å². The summed E-state index contributed by atoms with van der Waals surface area (Å²) in [5, 5.41) is 0.0580. The molecule has 0 aromatic heterocycles. The van der Waals surface area contributed by atoms with Crippen LogP contribution >= 0.6 is 0 Å².